The number of ether oxygens (including phenoxy) is 2. The van der Waals surface area contributed by atoms with E-state index < -0.39 is 10.8 Å². The number of nitrogens with one attached hydrogen (secondary N) is 1. The molecule has 0 saturated carbocycles. The molecule has 0 aliphatic rings. The van der Waals surface area contributed by atoms with Crippen LogP contribution in [-0.4, -0.2) is 36.5 Å². The predicted octanol–water partition coefficient (Wildman–Crippen LogP) is 1.56. The molecule has 0 amide bonds. The first-order valence-corrected chi connectivity index (χ1v) is 7.44. The van der Waals surface area contributed by atoms with Gasteiger partial charge in [0.05, 0.1) is 14.2 Å². The van der Waals surface area contributed by atoms with Crippen LogP contribution in [0.5, 0.6) is 11.5 Å². The van der Waals surface area contributed by atoms with Crippen molar-refractivity contribution in [3.05, 3.63) is 23.8 Å². The second kappa shape index (κ2) is 7.38. The SMILES string of the molecule is COc1ccc(OC)c(CNCC(C)S(C)=O)c1. The van der Waals surface area contributed by atoms with Gasteiger partial charge in [-0.1, -0.05) is 0 Å². The average molecular weight is 271 g/mol. The predicted molar refractivity (Wildman–Crippen MR) is 74.8 cm³/mol. The zero-order chi connectivity index (χ0) is 13.5. The van der Waals surface area contributed by atoms with Crippen LogP contribution in [0.15, 0.2) is 18.2 Å². The average Bonchev–Trinajstić information content (AvgIpc) is 2.38. The van der Waals surface area contributed by atoms with Crippen molar-refractivity contribution in [3.63, 3.8) is 0 Å². The van der Waals surface area contributed by atoms with Gasteiger partial charge in [-0.2, -0.15) is 0 Å². The van der Waals surface area contributed by atoms with Gasteiger partial charge in [0.15, 0.2) is 0 Å². The molecule has 5 heteroatoms. The van der Waals surface area contributed by atoms with Crippen LogP contribution in [0.4, 0.5) is 0 Å². The second-order valence-corrected chi connectivity index (χ2v) is 5.92. The number of hydrogen-bond donors (Lipinski definition) is 1. The van der Waals surface area contributed by atoms with Crippen LogP contribution in [0.2, 0.25) is 0 Å². The number of benzene rings is 1. The molecule has 1 aromatic rings. The Morgan fingerprint density at radius 3 is 2.61 bits per heavy atom. The second-order valence-electron chi connectivity index (χ2n) is 4.12. The molecule has 0 aliphatic heterocycles. The molecule has 0 heterocycles. The van der Waals surface area contributed by atoms with E-state index in [1.165, 1.54) is 0 Å². The molecule has 1 aromatic carbocycles. The van der Waals surface area contributed by atoms with Gasteiger partial charge in [-0.15, -0.1) is 0 Å². The fraction of sp³-hybridized carbons (Fsp3) is 0.538. The van der Waals surface area contributed by atoms with Crippen molar-refractivity contribution in [1.82, 2.24) is 5.32 Å². The van der Waals surface area contributed by atoms with Crippen molar-refractivity contribution in [1.29, 1.82) is 0 Å². The monoisotopic (exact) mass is 271 g/mol. The van der Waals surface area contributed by atoms with Crippen molar-refractivity contribution in [2.24, 2.45) is 0 Å². The Kier molecular flexibility index (Phi) is 6.15. The van der Waals surface area contributed by atoms with E-state index in [9.17, 15) is 4.21 Å². The summed E-state index contributed by atoms with van der Waals surface area (Å²) in [5.41, 5.74) is 1.03. The Bertz CT molecular complexity index is 409. The fourth-order valence-electron chi connectivity index (χ4n) is 1.55. The largest absolute Gasteiger partial charge is 0.497 e. The molecule has 1 rings (SSSR count). The van der Waals surface area contributed by atoms with E-state index in [1.54, 1.807) is 20.5 Å². The van der Waals surface area contributed by atoms with E-state index >= 15 is 0 Å². The molecule has 18 heavy (non-hydrogen) atoms. The van der Waals surface area contributed by atoms with Crippen molar-refractivity contribution in [2.45, 2.75) is 18.7 Å². The molecule has 2 unspecified atom stereocenters. The van der Waals surface area contributed by atoms with Crippen LogP contribution in [-0.2, 0) is 17.3 Å². The Hall–Kier alpha value is -1.07. The Labute approximate surface area is 111 Å². The molecule has 1 N–H and O–H groups in total. The minimum absolute atomic E-state index is 0.140. The molecule has 0 radical (unpaired) electrons. The number of methoxy groups -OCH3 is 2. The summed E-state index contributed by atoms with van der Waals surface area (Å²) in [5.74, 6) is 1.63. The normalized spacial score (nSPS) is 14.0. The first-order valence-electron chi connectivity index (χ1n) is 5.82. The van der Waals surface area contributed by atoms with E-state index in [0.717, 1.165) is 17.1 Å². The van der Waals surface area contributed by atoms with Gasteiger partial charge in [0.25, 0.3) is 0 Å². The number of hydrogen-bond acceptors (Lipinski definition) is 4. The van der Waals surface area contributed by atoms with Crippen molar-refractivity contribution < 1.29 is 13.7 Å². The first kappa shape index (κ1) is 15.0. The summed E-state index contributed by atoms with van der Waals surface area (Å²) in [7, 11) is 2.49. The number of rotatable bonds is 7. The zero-order valence-electron chi connectivity index (χ0n) is 11.4. The summed E-state index contributed by atoms with van der Waals surface area (Å²) in [6, 6.07) is 5.70. The Balaban J connectivity index is 2.62. The molecule has 4 nitrogen and oxygen atoms in total. The molecule has 0 saturated heterocycles. The summed E-state index contributed by atoms with van der Waals surface area (Å²) in [6.07, 6.45) is 1.72. The molecule has 0 fully saturated rings. The zero-order valence-corrected chi connectivity index (χ0v) is 12.2. The lowest BCUT2D eigenvalue weighted by atomic mass is 10.2. The van der Waals surface area contributed by atoms with Crippen LogP contribution < -0.4 is 14.8 Å². The standard InChI is InChI=1S/C13H21NO3S/c1-10(18(4)15)8-14-9-11-7-12(16-2)5-6-13(11)17-3/h5-7,10,14H,8-9H2,1-4H3. The molecule has 0 aromatic heterocycles. The minimum Gasteiger partial charge on any atom is -0.497 e. The smallest absolute Gasteiger partial charge is 0.123 e. The van der Waals surface area contributed by atoms with Crippen LogP contribution in [0.3, 0.4) is 0 Å². The first-order chi connectivity index (χ1) is 8.58. The van der Waals surface area contributed by atoms with Gasteiger partial charge in [-0.3, -0.25) is 4.21 Å². The molecular formula is C13H21NO3S. The maximum absolute atomic E-state index is 11.2. The van der Waals surface area contributed by atoms with Gasteiger partial charge in [0.1, 0.15) is 11.5 Å². The van der Waals surface area contributed by atoms with Gasteiger partial charge in [0.2, 0.25) is 0 Å². The van der Waals surface area contributed by atoms with E-state index in [4.69, 9.17) is 9.47 Å². The maximum Gasteiger partial charge on any atom is 0.123 e. The van der Waals surface area contributed by atoms with Crippen LogP contribution in [0.25, 0.3) is 0 Å². The summed E-state index contributed by atoms with van der Waals surface area (Å²) in [6.45, 7) is 3.34. The molecule has 0 aliphatic carbocycles. The van der Waals surface area contributed by atoms with Gasteiger partial charge >= 0.3 is 0 Å². The highest BCUT2D eigenvalue weighted by molar-refractivity contribution is 7.84. The molecule has 102 valence electrons. The van der Waals surface area contributed by atoms with Crippen LogP contribution in [0, 0.1) is 0 Å². The highest BCUT2D eigenvalue weighted by Gasteiger charge is 2.08. The highest BCUT2D eigenvalue weighted by Crippen LogP contribution is 2.23. The van der Waals surface area contributed by atoms with E-state index in [0.29, 0.717) is 13.1 Å². The lowest BCUT2D eigenvalue weighted by molar-refractivity contribution is 0.397. The quantitative estimate of drug-likeness (QED) is 0.817. The Morgan fingerprint density at radius 1 is 1.33 bits per heavy atom. The minimum atomic E-state index is -0.800. The summed E-state index contributed by atoms with van der Waals surface area (Å²) < 4.78 is 21.7. The van der Waals surface area contributed by atoms with Crippen molar-refractivity contribution in [2.75, 3.05) is 27.0 Å². The van der Waals surface area contributed by atoms with Gasteiger partial charge < -0.3 is 14.8 Å². The summed E-state index contributed by atoms with van der Waals surface area (Å²) in [5, 5.41) is 3.42. The van der Waals surface area contributed by atoms with Crippen LogP contribution in [0.1, 0.15) is 12.5 Å². The fourth-order valence-corrected chi connectivity index (χ4v) is 1.90. The van der Waals surface area contributed by atoms with Gasteiger partial charge in [-0.05, 0) is 25.1 Å². The van der Waals surface area contributed by atoms with Crippen LogP contribution >= 0.6 is 0 Å². The third-order valence-corrected chi connectivity index (χ3v) is 4.10. The molecular weight excluding hydrogens is 250 g/mol. The van der Waals surface area contributed by atoms with E-state index in [1.807, 2.05) is 25.1 Å². The third kappa shape index (κ3) is 4.31. The van der Waals surface area contributed by atoms with E-state index in [-0.39, 0.29) is 5.25 Å². The van der Waals surface area contributed by atoms with Crippen molar-refractivity contribution >= 4 is 10.8 Å². The molecule has 0 bridgehead atoms. The highest BCUT2D eigenvalue weighted by atomic mass is 32.2. The lowest BCUT2D eigenvalue weighted by Gasteiger charge is -2.13. The summed E-state index contributed by atoms with van der Waals surface area (Å²) >= 11 is 0. The lowest BCUT2D eigenvalue weighted by Crippen LogP contribution is -2.27. The third-order valence-electron chi connectivity index (χ3n) is 2.80. The maximum atomic E-state index is 11.2. The molecule has 0 spiro atoms. The van der Waals surface area contributed by atoms with Crippen molar-refractivity contribution in [3.8, 4) is 11.5 Å². The van der Waals surface area contributed by atoms with Gasteiger partial charge in [-0.25, -0.2) is 0 Å². The van der Waals surface area contributed by atoms with E-state index in [2.05, 4.69) is 5.32 Å². The molecule has 2 atom stereocenters. The van der Waals surface area contributed by atoms with Gasteiger partial charge in [0, 0.05) is 41.0 Å². The Morgan fingerprint density at radius 2 is 2.06 bits per heavy atom. The summed E-state index contributed by atoms with van der Waals surface area (Å²) in [4.78, 5) is 0. The topological polar surface area (TPSA) is 47.6 Å².